The highest BCUT2D eigenvalue weighted by atomic mass is 32.2. The Labute approximate surface area is 188 Å². The molecule has 32 heavy (non-hydrogen) atoms. The number of nitrogen functional groups attached to an aromatic ring is 1. The molecule has 0 saturated heterocycles. The molecule has 4 rings (SSSR count). The minimum atomic E-state index is -0.254. The number of nitrogens with zero attached hydrogens (tertiary/aromatic N) is 9. The fourth-order valence-electron chi connectivity index (χ4n) is 3.20. The molecular weight excluding hydrogens is 430 g/mol. The van der Waals surface area contributed by atoms with Crippen LogP contribution in [0.1, 0.15) is 28.5 Å². The summed E-state index contributed by atoms with van der Waals surface area (Å²) in [5, 5.41) is 20.2. The number of anilines is 1. The lowest BCUT2D eigenvalue weighted by atomic mass is 10.4. The van der Waals surface area contributed by atoms with E-state index >= 15 is 0 Å². The number of thioether (sulfide) groups is 1. The molecule has 4 aromatic rings. The van der Waals surface area contributed by atoms with Gasteiger partial charge in [0, 0.05) is 23.1 Å². The SMILES string of the molecule is Cc1cc(C)nc(-n2nc(C)cc2NC(=O)CSc2nnc(-n3nc(C)cc3C)n2N)n1. The van der Waals surface area contributed by atoms with Crippen LogP contribution < -0.4 is 11.2 Å². The van der Waals surface area contributed by atoms with E-state index in [0.717, 1.165) is 28.5 Å². The van der Waals surface area contributed by atoms with Gasteiger partial charge in [0.05, 0.1) is 17.1 Å². The lowest BCUT2D eigenvalue weighted by molar-refractivity contribution is -0.113. The summed E-state index contributed by atoms with van der Waals surface area (Å²) in [4.78, 5) is 21.5. The Morgan fingerprint density at radius 3 is 2.25 bits per heavy atom. The molecule has 0 aliphatic rings. The van der Waals surface area contributed by atoms with E-state index in [9.17, 15) is 4.79 Å². The van der Waals surface area contributed by atoms with Crippen LogP contribution in [0.15, 0.2) is 23.4 Å². The van der Waals surface area contributed by atoms with Crippen molar-refractivity contribution in [3.05, 3.63) is 46.7 Å². The fourth-order valence-corrected chi connectivity index (χ4v) is 3.85. The number of nitrogens with one attached hydrogen (secondary N) is 1. The molecule has 0 spiro atoms. The predicted molar refractivity (Wildman–Crippen MR) is 119 cm³/mol. The van der Waals surface area contributed by atoms with Crippen LogP contribution in [0.3, 0.4) is 0 Å². The Bertz CT molecular complexity index is 1280. The van der Waals surface area contributed by atoms with Crippen LogP contribution in [0.2, 0.25) is 0 Å². The first-order valence-corrected chi connectivity index (χ1v) is 10.8. The molecule has 0 saturated carbocycles. The van der Waals surface area contributed by atoms with E-state index in [4.69, 9.17) is 5.84 Å². The number of rotatable bonds is 6. The Balaban J connectivity index is 1.47. The zero-order valence-electron chi connectivity index (χ0n) is 18.4. The van der Waals surface area contributed by atoms with Crippen molar-refractivity contribution < 1.29 is 4.79 Å². The molecule has 0 fully saturated rings. The molecule has 0 aromatic carbocycles. The number of carbonyl (C=O) groups is 1. The topological polar surface area (TPSA) is 147 Å². The number of hydrogen-bond donors (Lipinski definition) is 2. The lowest BCUT2D eigenvalue weighted by Crippen LogP contribution is -2.20. The van der Waals surface area contributed by atoms with Crippen molar-refractivity contribution in [1.29, 1.82) is 0 Å². The third kappa shape index (κ3) is 4.32. The number of aromatic nitrogens is 9. The van der Waals surface area contributed by atoms with E-state index in [0.29, 0.717) is 22.9 Å². The minimum Gasteiger partial charge on any atom is -0.334 e. The van der Waals surface area contributed by atoms with Gasteiger partial charge in [-0.3, -0.25) is 4.79 Å². The number of hydrogen-bond acceptors (Lipinski definition) is 9. The molecule has 13 heteroatoms. The minimum absolute atomic E-state index is 0.0738. The Morgan fingerprint density at radius 2 is 1.59 bits per heavy atom. The highest BCUT2D eigenvalue weighted by Gasteiger charge is 2.18. The summed E-state index contributed by atoms with van der Waals surface area (Å²) >= 11 is 1.17. The zero-order valence-corrected chi connectivity index (χ0v) is 19.2. The summed E-state index contributed by atoms with van der Waals surface area (Å²) < 4.78 is 4.44. The van der Waals surface area contributed by atoms with Crippen molar-refractivity contribution in [2.45, 2.75) is 39.8 Å². The molecule has 3 N–H and O–H groups in total. The molecule has 0 unspecified atom stereocenters. The maximum Gasteiger partial charge on any atom is 0.271 e. The van der Waals surface area contributed by atoms with Gasteiger partial charge in [-0.25, -0.2) is 19.3 Å². The molecule has 1 amide bonds. The van der Waals surface area contributed by atoms with E-state index in [-0.39, 0.29) is 11.7 Å². The molecule has 166 valence electrons. The first-order chi connectivity index (χ1) is 15.2. The number of nitrogens with two attached hydrogens (primary N) is 1. The molecule has 4 aromatic heterocycles. The smallest absolute Gasteiger partial charge is 0.271 e. The average Bonchev–Trinajstić information content (AvgIpc) is 3.36. The fraction of sp³-hybridized carbons (Fsp3) is 0.316. The van der Waals surface area contributed by atoms with Crippen LogP contribution in [-0.2, 0) is 4.79 Å². The average molecular weight is 454 g/mol. The monoisotopic (exact) mass is 453 g/mol. The summed E-state index contributed by atoms with van der Waals surface area (Å²) in [5.74, 6) is 7.21. The van der Waals surface area contributed by atoms with Gasteiger partial charge in [0.2, 0.25) is 11.1 Å². The highest BCUT2D eigenvalue weighted by Crippen LogP contribution is 2.19. The second-order valence-electron chi connectivity index (χ2n) is 7.36. The lowest BCUT2D eigenvalue weighted by Gasteiger charge is -2.09. The maximum absolute atomic E-state index is 12.6. The van der Waals surface area contributed by atoms with Gasteiger partial charge in [-0.15, -0.1) is 10.2 Å². The molecule has 0 atom stereocenters. The van der Waals surface area contributed by atoms with Crippen molar-refractivity contribution >= 4 is 23.5 Å². The summed E-state index contributed by atoms with van der Waals surface area (Å²) in [6, 6.07) is 5.55. The van der Waals surface area contributed by atoms with Crippen molar-refractivity contribution in [3.8, 4) is 11.9 Å². The first-order valence-electron chi connectivity index (χ1n) is 9.77. The summed E-state index contributed by atoms with van der Waals surface area (Å²) in [6.07, 6.45) is 0. The van der Waals surface area contributed by atoms with Crippen molar-refractivity contribution in [3.63, 3.8) is 0 Å². The molecular formula is C19H23N11OS. The zero-order chi connectivity index (χ0) is 23.0. The largest absolute Gasteiger partial charge is 0.334 e. The third-order valence-electron chi connectivity index (χ3n) is 4.44. The number of amides is 1. The highest BCUT2D eigenvalue weighted by molar-refractivity contribution is 7.99. The van der Waals surface area contributed by atoms with E-state index in [1.165, 1.54) is 21.1 Å². The van der Waals surface area contributed by atoms with Crippen molar-refractivity contribution in [1.82, 2.24) is 44.4 Å². The normalized spacial score (nSPS) is 11.2. The van der Waals surface area contributed by atoms with Gasteiger partial charge in [-0.2, -0.15) is 14.9 Å². The molecule has 12 nitrogen and oxygen atoms in total. The molecule has 0 bridgehead atoms. The maximum atomic E-state index is 12.6. The van der Waals surface area contributed by atoms with E-state index in [1.54, 1.807) is 10.7 Å². The van der Waals surface area contributed by atoms with E-state index in [2.05, 4.69) is 35.7 Å². The van der Waals surface area contributed by atoms with Gasteiger partial charge in [-0.05, 0) is 46.8 Å². The third-order valence-corrected chi connectivity index (χ3v) is 5.38. The van der Waals surface area contributed by atoms with Gasteiger partial charge in [0.15, 0.2) is 0 Å². The predicted octanol–water partition coefficient (Wildman–Crippen LogP) is 1.43. The van der Waals surface area contributed by atoms with Crippen LogP contribution >= 0.6 is 11.8 Å². The molecule has 0 radical (unpaired) electrons. The second-order valence-corrected chi connectivity index (χ2v) is 8.30. The molecule has 0 aliphatic carbocycles. The number of carbonyl (C=O) groups excluding carboxylic acids is 1. The summed E-state index contributed by atoms with van der Waals surface area (Å²) in [5.41, 5.74) is 4.09. The summed E-state index contributed by atoms with van der Waals surface area (Å²) in [6.45, 7) is 9.39. The van der Waals surface area contributed by atoms with Crippen LogP contribution in [-0.4, -0.2) is 56.1 Å². The molecule has 0 aliphatic heterocycles. The van der Waals surface area contributed by atoms with Crippen molar-refractivity contribution in [2.24, 2.45) is 0 Å². The van der Waals surface area contributed by atoms with Crippen molar-refractivity contribution in [2.75, 3.05) is 16.9 Å². The van der Waals surface area contributed by atoms with Crippen LogP contribution in [0, 0.1) is 34.6 Å². The van der Waals surface area contributed by atoms with Gasteiger partial charge < -0.3 is 11.2 Å². The first kappa shape index (κ1) is 21.5. The van der Waals surface area contributed by atoms with Crippen LogP contribution in [0.4, 0.5) is 5.82 Å². The Morgan fingerprint density at radius 1 is 0.938 bits per heavy atom. The van der Waals surface area contributed by atoms with Gasteiger partial charge >= 0.3 is 0 Å². The quantitative estimate of drug-likeness (QED) is 0.327. The van der Waals surface area contributed by atoms with Crippen LogP contribution in [0.5, 0.6) is 0 Å². The molecule has 4 heterocycles. The Hall–Kier alpha value is -3.74. The summed E-state index contributed by atoms with van der Waals surface area (Å²) in [7, 11) is 0. The van der Waals surface area contributed by atoms with Gasteiger partial charge in [0.1, 0.15) is 5.82 Å². The van der Waals surface area contributed by atoms with E-state index < -0.39 is 0 Å². The Kier molecular flexibility index (Phi) is 5.65. The number of aryl methyl sites for hydroxylation is 5. The second kappa shape index (κ2) is 8.42. The van der Waals surface area contributed by atoms with E-state index in [1.807, 2.05) is 46.8 Å². The van der Waals surface area contributed by atoms with Gasteiger partial charge in [0.25, 0.3) is 11.9 Å². The van der Waals surface area contributed by atoms with Crippen LogP contribution in [0.25, 0.3) is 11.9 Å². The standard InChI is InChI=1S/C19H23N11OS/c1-10-6-11(2)22-17(21-10)30-15(8-13(4)27-30)23-16(31)9-32-19-25-24-18(28(19)20)29-14(5)7-12(3)26-29/h6-8H,9,20H2,1-5H3,(H,23,31). The van der Waals surface area contributed by atoms with Gasteiger partial charge in [-0.1, -0.05) is 11.8 Å².